The minimum Gasteiger partial charge on any atom is -0.444 e. The molecule has 1 aliphatic heterocycles. The first-order chi connectivity index (χ1) is 13.2. The van der Waals surface area contributed by atoms with E-state index < -0.39 is 5.60 Å². The lowest BCUT2D eigenvalue weighted by Gasteiger charge is -2.36. The van der Waals surface area contributed by atoms with Gasteiger partial charge in [0.1, 0.15) is 5.60 Å². The van der Waals surface area contributed by atoms with Crippen molar-refractivity contribution in [2.45, 2.75) is 60.0 Å². The summed E-state index contributed by atoms with van der Waals surface area (Å²) in [7, 11) is 0. The number of aliphatic imine (C=N–C) groups is 1. The Kier molecular flexibility index (Phi) is 13.3. The largest absolute Gasteiger partial charge is 0.444 e. The number of hydrogen-bond donors (Lipinski definition) is 2. The van der Waals surface area contributed by atoms with E-state index in [1.807, 2.05) is 27.7 Å². The Morgan fingerprint density at radius 3 is 2.28 bits per heavy atom. The highest BCUT2D eigenvalue weighted by Crippen LogP contribution is 2.20. The number of nitrogens with one attached hydrogen (secondary N) is 2. The third-order valence-corrected chi connectivity index (χ3v) is 4.51. The average molecular weight is 525 g/mol. The summed E-state index contributed by atoms with van der Waals surface area (Å²) < 4.78 is 5.51. The number of ether oxygens (including phenoxy) is 1. The molecule has 0 saturated carbocycles. The van der Waals surface area contributed by atoms with Crippen LogP contribution in [0.1, 0.15) is 54.4 Å². The van der Waals surface area contributed by atoms with Crippen molar-refractivity contribution in [2.75, 3.05) is 45.8 Å². The van der Waals surface area contributed by atoms with Gasteiger partial charge in [-0.3, -0.25) is 9.79 Å². The van der Waals surface area contributed by atoms with Gasteiger partial charge in [0.25, 0.3) is 0 Å². The minimum absolute atomic E-state index is 0. The molecular formula is C20H40IN5O3. The van der Waals surface area contributed by atoms with Crippen LogP contribution in [0.25, 0.3) is 0 Å². The fourth-order valence-electron chi connectivity index (χ4n) is 3.12. The first-order valence-corrected chi connectivity index (χ1v) is 10.4. The van der Waals surface area contributed by atoms with Crippen molar-refractivity contribution in [3.63, 3.8) is 0 Å². The lowest BCUT2D eigenvalue weighted by atomic mass is 9.96. The third-order valence-electron chi connectivity index (χ3n) is 4.51. The van der Waals surface area contributed by atoms with Crippen molar-refractivity contribution in [1.29, 1.82) is 0 Å². The van der Waals surface area contributed by atoms with E-state index in [9.17, 15) is 9.59 Å². The highest BCUT2D eigenvalue weighted by atomic mass is 127. The molecule has 1 aliphatic rings. The van der Waals surface area contributed by atoms with Gasteiger partial charge >= 0.3 is 6.09 Å². The quantitative estimate of drug-likeness (QED) is 0.231. The van der Waals surface area contributed by atoms with Gasteiger partial charge < -0.3 is 25.2 Å². The molecule has 2 N–H and O–H groups in total. The smallest absolute Gasteiger partial charge is 0.410 e. The molecule has 0 unspecified atom stereocenters. The van der Waals surface area contributed by atoms with Crippen molar-refractivity contribution < 1.29 is 14.3 Å². The molecule has 0 aromatic heterocycles. The zero-order valence-electron chi connectivity index (χ0n) is 18.9. The summed E-state index contributed by atoms with van der Waals surface area (Å²) in [6, 6.07) is 0. The summed E-state index contributed by atoms with van der Waals surface area (Å²) in [5.74, 6) is 1.32. The predicted octanol–water partition coefficient (Wildman–Crippen LogP) is 2.68. The Morgan fingerprint density at radius 1 is 1.17 bits per heavy atom. The van der Waals surface area contributed by atoms with Crippen LogP contribution in [0.4, 0.5) is 4.79 Å². The maximum atomic E-state index is 12.4. The number of nitrogens with zero attached hydrogens (tertiary/aromatic N) is 3. The van der Waals surface area contributed by atoms with E-state index in [0.717, 1.165) is 45.0 Å². The molecule has 1 fully saturated rings. The second-order valence-corrected chi connectivity index (χ2v) is 8.17. The topological polar surface area (TPSA) is 86.3 Å². The Balaban J connectivity index is 0.00000784. The molecular weight excluding hydrogens is 485 g/mol. The number of amides is 2. The fourth-order valence-corrected chi connectivity index (χ4v) is 3.12. The summed E-state index contributed by atoms with van der Waals surface area (Å²) in [5.41, 5.74) is -0.470. The molecule has 0 aliphatic carbocycles. The van der Waals surface area contributed by atoms with Gasteiger partial charge in [-0.1, -0.05) is 0 Å². The van der Waals surface area contributed by atoms with Gasteiger partial charge in [0, 0.05) is 46.2 Å². The van der Waals surface area contributed by atoms with Crippen molar-refractivity contribution in [1.82, 2.24) is 20.4 Å². The highest BCUT2D eigenvalue weighted by Gasteiger charge is 2.27. The number of likely N-dealkylation sites (tertiary alicyclic amines) is 1. The molecule has 0 aromatic rings. The van der Waals surface area contributed by atoms with Crippen molar-refractivity contribution in [2.24, 2.45) is 10.9 Å². The van der Waals surface area contributed by atoms with Crippen molar-refractivity contribution in [3.05, 3.63) is 0 Å². The maximum absolute atomic E-state index is 12.4. The van der Waals surface area contributed by atoms with Crippen molar-refractivity contribution in [3.8, 4) is 0 Å². The number of carbonyl (C=O) groups excluding carboxylic acids is 2. The summed E-state index contributed by atoms with van der Waals surface area (Å²) >= 11 is 0. The number of rotatable bonds is 7. The number of hydrogen-bond acceptors (Lipinski definition) is 4. The molecule has 0 radical (unpaired) electrons. The molecule has 2 amide bonds. The summed E-state index contributed by atoms with van der Waals surface area (Å²) in [6.45, 7) is 16.3. The summed E-state index contributed by atoms with van der Waals surface area (Å²) in [5, 5.41) is 6.10. The van der Waals surface area contributed by atoms with Crippen LogP contribution in [0.15, 0.2) is 4.99 Å². The second kappa shape index (κ2) is 13.9. The van der Waals surface area contributed by atoms with Crippen LogP contribution in [0.5, 0.6) is 0 Å². The predicted molar refractivity (Wildman–Crippen MR) is 128 cm³/mol. The fraction of sp³-hybridized carbons (Fsp3) is 0.850. The molecule has 1 heterocycles. The van der Waals surface area contributed by atoms with E-state index in [-0.39, 0.29) is 36.0 Å². The van der Waals surface area contributed by atoms with Gasteiger partial charge in [-0.2, -0.15) is 0 Å². The van der Waals surface area contributed by atoms with Gasteiger partial charge in [-0.05, 0) is 53.4 Å². The van der Waals surface area contributed by atoms with E-state index in [0.29, 0.717) is 25.6 Å². The number of guanidine groups is 1. The lowest BCUT2D eigenvalue weighted by molar-refractivity contribution is -0.118. The zero-order chi connectivity index (χ0) is 21.2. The van der Waals surface area contributed by atoms with E-state index in [2.05, 4.69) is 27.4 Å². The molecule has 1 saturated heterocycles. The lowest BCUT2D eigenvalue weighted by Crippen LogP contribution is -2.48. The van der Waals surface area contributed by atoms with Gasteiger partial charge in [-0.25, -0.2) is 4.79 Å². The second-order valence-electron chi connectivity index (χ2n) is 8.17. The van der Waals surface area contributed by atoms with Gasteiger partial charge in [0.15, 0.2) is 5.96 Å². The Hall–Kier alpha value is -1.26. The maximum Gasteiger partial charge on any atom is 0.410 e. The number of halogens is 1. The van der Waals surface area contributed by atoms with E-state index in [1.54, 1.807) is 4.90 Å². The van der Waals surface area contributed by atoms with E-state index in [4.69, 9.17) is 4.74 Å². The first kappa shape index (κ1) is 27.7. The molecule has 29 heavy (non-hydrogen) atoms. The zero-order valence-corrected chi connectivity index (χ0v) is 21.2. The number of carbonyl (C=O) groups is 2. The van der Waals surface area contributed by atoms with Crippen LogP contribution in [0.2, 0.25) is 0 Å². The third kappa shape index (κ3) is 11.5. The minimum atomic E-state index is -0.470. The van der Waals surface area contributed by atoms with Crippen LogP contribution < -0.4 is 10.6 Å². The highest BCUT2D eigenvalue weighted by molar-refractivity contribution is 14.0. The number of piperidine rings is 1. The monoisotopic (exact) mass is 525 g/mol. The molecule has 8 nitrogen and oxygen atoms in total. The van der Waals surface area contributed by atoms with Gasteiger partial charge in [0.05, 0.1) is 6.54 Å². The standard InChI is InChI=1S/C20H39N5O3.HI/c1-7-21-18(23-12-11-22-16(3)26)25-13-9-17(10-14-25)15-24(8-2)19(27)28-20(4,5)6;/h17H,7-15H2,1-6H3,(H,21,23)(H,22,26);1H. The molecule has 9 heteroatoms. The molecule has 170 valence electrons. The average Bonchev–Trinajstić information content (AvgIpc) is 2.61. The van der Waals surface area contributed by atoms with Crippen LogP contribution >= 0.6 is 24.0 Å². The summed E-state index contributed by atoms with van der Waals surface area (Å²) in [6.07, 6.45) is 1.79. The molecule has 0 atom stereocenters. The Bertz CT molecular complexity index is 529. The molecule has 0 bridgehead atoms. The normalized spacial score (nSPS) is 15.4. The van der Waals surface area contributed by atoms with E-state index >= 15 is 0 Å². The van der Waals surface area contributed by atoms with Crippen LogP contribution in [-0.2, 0) is 9.53 Å². The molecule has 0 aromatic carbocycles. The molecule has 0 spiro atoms. The molecule has 1 rings (SSSR count). The van der Waals surface area contributed by atoms with E-state index in [1.165, 1.54) is 6.92 Å². The Morgan fingerprint density at radius 2 is 1.79 bits per heavy atom. The van der Waals surface area contributed by atoms with Gasteiger partial charge in [-0.15, -0.1) is 24.0 Å². The Labute approximate surface area is 193 Å². The van der Waals surface area contributed by atoms with Crippen LogP contribution in [0, 0.1) is 5.92 Å². The van der Waals surface area contributed by atoms with Crippen molar-refractivity contribution >= 4 is 41.9 Å². The van der Waals surface area contributed by atoms with Crippen LogP contribution in [0.3, 0.4) is 0 Å². The first-order valence-electron chi connectivity index (χ1n) is 10.4. The summed E-state index contributed by atoms with van der Waals surface area (Å²) in [4.78, 5) is 32.0. The van der Waals surface area contributed by atoms with Crippen LogP contribution in [-0.4, -0.2) is 79.2 Å². The SMILES string of the molecule is CCNC(=NCCNC(C)=O)N1CCC(CN(CC)C(=O)OC(C)(C)C)CC1.I. The van der Waals surface area contributed by atoms with Gasteiger partial charge in [0.2, 0.25) is 5.91 Å².